The highest BCUT2D eigenvalue weighted by molar-refractivity contribution is 5.82. The van der Waals surface area contributed by atoms with E-state index in [1.54, 1.807) is 0 Å². The summed E-state index contributed by atoms with van der Waals surface area (Å²) in [5.41, 5.74) is 1.05. The molecule has 3 atom stereocenters. The molecule has 2 aliphatic heterocycles. The van der Waals surface area contributed by atoms with Gasteiger partial charge in [-0.05, 0) is 13.0 Å². The van der Waals surface area contributed by atoms with Crippen LogP contribution >= 0.6 is 0 Å². The maximum Gasteiger partial charge on any atom is 0.262 e. The van der Waals surface area contributed by atoms with Crippen LogP contribution in [0.15, 0.2) is 24.3 Å². The number of amides is 1. The molecule has 0 radical (unpaired) electrons. The first-order valence-electron chi connectivity index (χ1n) is 7.09. The fourth-order valence-electron chi connectivity index (χ4n) is 2.93. The van der Waals surface area contributed by atoms with Gasteiger partial charge < -0.3 is 10.1 Å². The predicted octanol–water partition coefficient (Wildman–Crippen LogP) is 1.66. The van der Waals surface area contributed by atoms with Crippen LogP contribution in [0.5, 0.6) is 5.75 Å². The topological polar surface area (TPSA) is 50.4 Å². The van der Waals surface area contributed by atoms with Crippen LogP contribution in [-0.2, 0) is 4.79 Å². The van der Waals surface area contributed by atoms with Crippen LogP contribution in [0.25, 0.3) is 0 Å². The number of halogens is 2. The molecule has 0 aromatic heterocycles. The van der Waals surface area contributed by atoms with Crippen molar-refractivity contribution in [1.82, 2.24) is 10.6 Å². The van der Waals surface area contributed by atoms with Gasteiger partial charge in [-0.2, -0.15) is 0 Å². The Balaban J connectivity index is 1.62. The van der Waals surface area contributed by atoms with Crippen LogP contribution in [0, 0.1) is 0 Å². The van der Waals surface area contributed by atoms with E-state index in [2.05, 4.69) is 10.6 Å². The molecule has 2 heterocycles. The number of hydrogen-bond acceptors (Lipinski definition) is 3. The van der Waals surface area contributed by atoms with Gasteiger partial charge in [0.15, 0.2) is 0 Å². The molecule has 0 saturated carbocycles. The van der Waals surface area contributed by atoms with Crippen molar-refractivity contribution in [2.24, 2.45) is 0 Å². The van der Waals surface area contributed by atoms with Crippen molar-refractivity contribution in [3.05, 3.63) is 29.8 Å². The lowest BCUT2D eigenvalue weighted by Crippen LogP contribution is -2.46. The monoisotopic (exact) mass is 296 g/mol. The quantitative estimate of drug-likeness (QED) is 0.892. The van der Waals surface area contributed by atoms with Gasteiger partial charge >= 0.3 is 0 Å². The Morgan fingerprint density at radius 2 is 2.24 bits per heavy atom. The Morgan fingerprint density at radius 3 is 2.95 bits per heavy atom. The molecule has 1 fully saturated rings. The highest BCUT2D eigenvalue weighted by Crippen LogP contribution is 2.35. The molecule has 3 unspecified atom stereocenters. The van der Waals surface area contributed by atoms with Crippen LogP contribution in [-0.4, -0.2) is 37.1 Å². The lowest BCUT2D eigenvalue weighted by Gasteiger charge is -2.22. The molecule has 1 amide bonds. The summed E-state index contributed by atoms with van der Waals surface area (Å²) < 4.78 is 31.8. The van der Waals surface area contributed by atoms with Crippen molar-refractivity contribution in [3.8, 4) is 5.75 Å². The van der Waals surface area contributed by atoms with E-state index in [1.165, 1.54) is 0 Å². The number of hydrogen-bond donors (Lipinski definition) is 2. The summed E-state index contributed by atoms with van der Waals surface area (Å²) in [6, 6.07) is 6.70. The van der Waals surface area contributed by atoms with Gasteiger partial charge in [0.05, 0.1) is 19.2 Å². The van der Waals surface area contributed by atoms with Gasteiger partial charge in [-0.15, -0.1) is 0 Å². The molecule has 1 aromatic carbocycles. The number of carbonyl (C=O) groups is 1. The Hall–Kier alpha value is -1.69. The summed E-state index contributed by atoms with van der Waals surface area (Å²) in [6.45, 7) is 1.94. The molecular weight excluding hydrogens is 278 g/mol. The zero-order chi connectivity index (χ0) is 15.0. The normalized spacial score (nSPS) is 27.8. The van der Waals surface area contributed by atoms with Gasteiger partial charge in [-0.25, -0.2) is 8.78 Å². The van der Waals surface area contributed by atoms with Crippen LogP contribution < -0.4 is 15.4 Å². The largest absolute Gasteiger partial charge is 0.493 e. The van der Waals surface area contributed by atoms with E-state index in [9.17, 15) is 13.6 Å². The molecular formula is C15H18F2N2O2. The highest BCUT2D eigenvalue weighted by atomic mass is 19.3. The highest BCUT2D eigenvalue weighted by Gasteiger charge is 2.43. The van der Waals surface area contributed by atoms with Crippen LogP contribution in [0.1, 0.15) is 24.8 Å². The molecule has 0 bridgehead atoms. The zero-order valence-corrected chi connectivity index (χ0v) is 11.7. The fourth-order valence-corrected chi connectivity index (χ4v) is 2.93. The number of benzene rings is 1. The van der Waals surface area contributed by atoms with Crippen LogP contribution in [0.4, 0.5) is 8.78 Å². The summed E-state index contributed by atoms with van der Waals surface area (Å²) in [6.07, 6.45) is -0.441. The second-order valence-corrected chi connectivity index (χ2v) is 5.75. The molecule has 4 nitrogen and oxygen atoms in total. The minimum absolute atomic E-state index is 0.0482. The number of fused-ring (bicyclic) bond motifs is 1. The SMILES string of the molecule is CC(NC(=O)C1CC(F)(F)CN1)C1COc2ccccc21. The predicted molar refractivity (Wildman–Crippen MR) is 73.6 cm³/mol. The second-order valence-electron chi connectivity index (χ2n) is 5.75. The van der Waals surface area contributed by atoms with Gasteiger partial charge in [0.2, 0.25) is 5.91 Å². The first-order chi connectivity index (χ1) is 9.96. The van der Waals surface area contributed by atoms with E-state index in [4.69, 9.17) is 4.74 Å². The summed E-state index contributed by atoms with van der Waals surface area (Å²) in [5.74, 6) is -2.29. The first-order valence-corrected chi connectivity index (χ1v) is 7.09. The third kappa shape index (κ3) is 2.85. The van der Waals surface area contributed by atoms with Gasteiger partial charge in [-0.3, -0.25) is 10.1 Å². The number of para-hydroxylation sites is 1. The molecule has 114 valence electrons. The molecule has 2 N–H and O–H groups in total. The smallest absolute Gasteiger partial charge is 0.262 e. The Morgan fingerprint density at radius 1 is 1.48 bits per heavy atom. The van der Waals surface area contributed by atoms with Crippen molar-refractivity contribution in [3.63, 3.8) is 0 Å². The van der Waals surface area contributed by atoms with Crippen LogP contribution in [0.3, 0.4) is 0 Å². The molecule has 1 saturated heterocycles. The van der Waals surface area contributed by atoms with E-state index in [0.717, 1.165) is 11.3 Å². The van der Waals surface area contributed by atoms with Crippen molar-refractivity contribution < 1.29 is 18.3 Å². The lowest BCUT2D eigenvalue weighted by molar-refractivity contribution is -0.124. The van der Waals surface area contributed by atoms with Gasteiger partial charge in [0, 0.05) is 23.9 Å². The van der Waals surface area contributed by atoms with Crippen molar-refractivity contribution in [1.29, 1.82) is 0 Å². The molecule has 3 rings (SSSR count). The van der Waals surface area contributed by atoms with E-state index in [-0.39, 0.29) is 17.9 Å². The molecule has 2 aliphatic rings. The minimum Gasteiger partial charge on any atom is -0.493 e. The maximum absolute atomic E-state index is 13.1. The first kappa shape index (κ1) is 14.3. The number of alkyl halides is 2. The number of rotatable bonds is 3. The molecule has 21 heavy (non-hydrogen) atoms. The fraction of sp³-hybridized carbons (Fsp3) is 0.533. The summed E-state index contributed by atoms with van der Waals surface area (Å²) >= 11 is 0. The summed E-state index contributed by atoms with van der Waals surface area (Å²) in [4.78, 5) is 12.1. The second kappa shape index (κ2) is 5.26. The number of ether oxygens (including phenoxy) is 1. The Labute approximate surface area is 121 Å². The third-order valence-corrected chi connectivity index (χ3v) is 4.14. The van der Waals surface area contributed by atoms with Gasteiger partial charge in [0.25, 0.3) is 5.92 Å². The Bertz CT molecular complexity index is 550. The summed E-state index contributed by atoms with van der Waals surface area (Å²) in [5, 5.41) is 5.40. The zero-order valence-electron chi connectivity index (χ0n) is 11.7. The van der Waals surface area contributed by atoms with E-state index < -0.39 is 24.9 Å². The molecule has 0 aliphatic carbocycles. The van der Waals surface area contributed by atoms with E-state index in [0.29, 0.717) is 6.61 Å². The van der Waals surface area contributed by atoms with Gasteiger partial charge in [0.1, 0.15) is 5.75 Å². The van der Waals surface area contributed by atoms with Crippen molar-refractivity contribution in [2.75, 3.05) is 13.2 Å². The maximum atomic E-state index is 13.1. The average molecular weight is 296 g/mol. The summed E-state index contributed by atoms with van der Waals surface area (Å²) in [7, 11) is 0. The molecule has 1 aromatic rings. The third-order valence-electron chi connectivity index (χ3n) is 4.14. The lowest BCUT2D eigenvalue weighted by atomic mass is 9.94. The number of carbonyl (C=O) groups excluding carboxylic acids is 1. The van der Waals surface area contributed by atoms with Gasteiger partial charge in [-0.1, -0.05) is 18.2 Å². The average Bonchev–Trinajstić information content (AvgIpc) is 3.01. The Kier molecular flexibility index (Phi) is 3.57. The molecule has 6 heteroatoms. The van der Waals surface area contributed by atoms with E-state index >= 15 is 0 Å². The molecule has 0 spiro atoms. The number of nitrogens with one attached hydrogen (secondary N) is 2. The van der Waals surface area contributed by atoms with Crippen LogP contribution in [0.2, 0.25) is 0 Å². The minimum atomic E-state index is -2.80. The standard InChI is InChI=1S/C15H18F2N2O2/c1-9(11-7-21-13-5-3-2-4-10(11)13)19-14(20)12-6-15(16,17)8-18-12/h2-5,9,11-12,18H,6-8H2,1H3,(H,19,20). The van der Waals surface area contributed by atoms with Crippen molar-refractivity contribution >= 4 is 5.91 Å². The van der Waals surface area contributed by atoms with Crippen molar-refractivity contribution in [2.45, 2.75) is 37.3 Å². The van der Waals surface area contributed by atoms with E-state index in [1.807, 2.05) is 31.2 Å².